The van der Waals surface area contributed by atoms with Gasteiger partial charge in [-0.1, -0.05) is 6.07 Å². The lowest BCUT2D eigenvalue weighted by Crippen LogP contribution is -2.42. The fourth-order valence-corrected chi connectivity index (χ4v) is 5.25. The molecule has 2 aromatic rings. The second-order valence-corrected chi connectivity index (χ2v) is 8.00. The van der Waals surface area contributed by atoms with Crippen LogP contribution in [0.5, 0.6) is 0 Å². The lowest BCUT2D eigenvalue weighted by molar-refractivity contribution is -0.119. The van der Waals surface area contributed by atoms with Gasteiger partial charge in [-0.2, -0.15) is 4.31 Å². The van der Waals surface area contributed by atoms with Crippen molar-refractivity contribution in [2.45, 2.75) is 23.1 Å². The Hall–Kier alpha value is -1.77. The van der Waals surface area contributed by atoms with Crippen LogP contribution in [0.4, 0.5) is 5.69 Å². The monoisotopic (exact) mass is 337 g/mol. The van der Waals surface area contributed by atoms with Crippen LogP contribution < -0.4 is 5.32 Å². The summed E-state index contributed by atoms with van der Waals surface area (Å²) < 4.78 is 26.8. The van der Waals surface area contributed by atoms with E-state index in [-0.39, 0.29) is 10.1 Å². The Labute approximate surface area is 132 Å². The summed E-state index contributed by atoms with van der Waals surface area (Å²) >= 11 is 1.16. The van der Waals surface area contributed by atoms with Crippen molar-refractivity contribution in [2.24, 2.45) is 0 Å². The molecule has 1 unspecified atom stereocenters. The second kappa shape index (κ2) is 6.15. The predicted molar refractivity (Wildman–Crippen MR) is 84.1 cm³/mol. The van der Waals surface area contributed by atoms with Crippen LogP contribution in [0.2, 0.25) is 0 Å². The molecule has 1 aliphatic rings. The molecule has 116 valence electrons. The third-order valence-corrected chi connectivity index (χ3v) is 6.77. The fraction of sp³-hybridized carbons (Fsp3) is 0.286. The van der Waals surface area contributed by atoms with Gasteiger partial charge in [-0.05, 0) is 36.4 Å². The second-order valence-electron chi connectivity index (χ2n) is 4.94. The number of hydrogen-bond donors (Lipinski definition) is 1. The molecular weight excluding hydrogens is 322 g/mol. The zero-order chi connectivity index (χ0) is 15.6. The number of amides is 1. The highest BCUT2D eigenvalue weighted by atomic mass is 32.2. The van der Waals surface area contributed by atoms with Crippen LogP contribution in [0.25, 0.3) is 0 Å². The summed E-state index contributed by atoms with van der Waals surface area (Å²) in [5, 5.41) is 4.44. The first-order chi connectivity index (χ1) is 10.6. The number of pyridine rings is 1. The van der Waals surface area contributed by atoms with Crippen LogP contribution in [0.1, 0.15) is 12.8 Å². The minimum Gasteiger partial charge on any atom is -0.323 e. The van der Waals surface area contributed by atoms with E-state index < -0.39 is 16.1 Å². The van der Waals surface area contributed by atoms with Gasteiger partial charge in [-0.25, -0.2) is 8.42 Å². The number of carbonyl (C=O) groups excluding carboxylic acids is 1. The summed E-state index contributed by atoms with van der Waals surface area (Å²) in [7, 11) is -3.61. The molecule has 0 radical (unpaired) electrons. The van der Waals surface area contributed by atoms with Crippen molar-refractivity contribution in [3.05, 3.63) is 42.0 Å². The Bertz CT molecular complexity index is 745. The van der Waals surface area contributed by atoms with Gasteiger partial charge < -0.3 is 5.32 Å². The van der Waals surface area contributed by atoms with E-state index in [4.69, 9.17) is 0 Å². The maximum absolute atomic E-state index is 12.6. The normalized spacial score (nSPS) is 19.2. The topological polar surface area (TPSA) is 79.4 Å². The summed E-state index contributed by atoms with van der Waals surface area (Å²) in [4.78, 5) is 16.3. The first kappa shape index (κ1) is 15.1. The van der Waals surface area contributed by atoms with Crippen LogP contribution in [-0.4, -0.2) is 36.2 Å². The fourth-order valence-electron chi connectivity index (χ4n) is 2.48. The van der Waals surface area contributed by atoms with Crippen molar-refractivity contribution in [3.63, 3.8) is 0 Å². The zero-order valence-electron chi connectivity index (χ0n) is 11.7. The maximum Gasteiger partial charge on any atom is 0.253 e. The molecule has 3 heterocycles. The lowest BCUT2D eigenvalue weighted by atomic mass is 10.2. The van der Waals surface area contributed by atoms with Crippen LogP contribution in [0.15, 0.2) is 46.2 Å². The lowest BCUT2D eigenvalue weighted by Gasteiger charge is -2.22. The number of anilines is 1. The molecule has 1 amide bonds. The summed E-state index contributed by atoms with van der Waals surface area (Å²) in [6.45, 7) is 0.366. The largest absolute Gasteiger partial charge is 0.323 e. The molecule has 0 bridgehead atoms. The molecule has 1 aliphatic heterocycles. The molecule has 8 heteroatoms. The van der Waals surface area contributed by atoms with E-state index in [1.165, 1.54) is 10.5 Å². The van der Waals surface area contributed by atoms with Crippen LogP contribution in [0.3, 0.4) is 0 Å². The quantitative estimate of drug-likeness (QED) is 0.924. The number of nitrogens with zero attached hydrogens (tertiary/aromatic N) is 2. The minimum absolute atomic E-state index is 0.272. The van der Waals surface area contributed by atoms with Gasteiger partial charge in [-0.3, -0.25) is 9.78 Å². The Balaban J connectivity index is 1.80. The molecule has 0 aromatic carbocycles. The Morgan fingerprint density at radius 3 is 2.91 bits per heavy atom. The smallest absolute Gasteiger partial charge is 0.253 e. The number of aromatic nitrogens is 1. The number of thiophene rings is 1. The highest BCUT2D eigenvalue weighted by Crippen LogP contribution is 2.29. The van der Waals surface area contributed by atoms with Crippen LogP contribution in [0, 0.1) is 0 Å². The van der Waals surface area contributed by atoms with E-state index in [1.807, 2.05) is 0 Å². The molecule has 22 heavy (non-hydrogen) atoms. The zero-order valence-corrected chi connectivity index (χ0v) is 13.3. The number of rotatable bonds is 4. The molecule has 3 rings (SSSR count). The number of carbonyl (C=O) groups is 1. The molecule has 1 saturated heterocycles. The third kappa shape index (κ3) is 2.90. The van der Waals surface area contributed by atoms with Crippen LogP contribution >= 0.6 is 11.3 Å². The molecule has 6 nitrogen and oxygen atoms in total. The Kier molecular flexibility index (Phi) is 4.23. The number of hydrogen-bond acceptors (Lipinski definition) is 5. The molecule has 1 atom stereocenters. The minimum atomic E-state index is -3.61. The molecule has 0 spiro atoms. The van der Waals surface area contributed by atoms with Gasteiger partial charge >= 0.3 is 0 Å². The summed E-state index contributed by atoms with van der Waals surface area (Å²) in [6, 6.07) is 6.02. The first-order valence-corrected chi connectivity index (χ1v) is 9.17. The van der Waals surface area contributed by atoms with E-state index >= 15 is 0 Å². The molecule has 0 aliphatic carbocycles. The van der Waals surface area contributed by atoms with Gasteiger partial charge in [0.1, 0.15) is 10.3 Å². The van der Waals surface area contributed by atoms with Crippen molar-refractivity contribution in [1.82, 2.24) is 9.29 Å². The standard InChI is InChI=1S/C14H15N3O3S2/c18-14(16-11-4-1-7-15-10-11)12-5-2-8-17(12)22(19,20)13-6-3-9-21-13/h1,3-4,6-7,9-10,12H,2,5,8H2,(H,16,18). The highest BCUT2D eigenvalue weighted by Gasteiger charge is 2.39. The molecular formula is C14H15N3O3S2. The third-order valence-electron chi connectivity index (χ3n) is 3.49. The van der Waals surface area contributed by atoms with Gasteiger partial charge in [0.05, 0.1) is 11.9 Å². The average molecular weight is 337 g/mol. The summed E-state index contributed by atoms with van der Waals surface area (Å²) in [5.74, 6) is -0.314. The summed E-state index contributed by atoms with van der Waals surface area (Å²) in [5.41, 5.74) is 0.563. The van der Waals surface area contributed by atoms with Crippen molar-refractivity contribution >= 4 is 33.0 Å². The van der Waals surface area contributed by atoms with Gasteiger partial charge in [0, 0.05) is 12.7 Å². The van der Waals surface area contributed by atoms with Crippen molar-refractivity contribution in [3.8, 4) is 0 Å². The Morgan fingerprint density at radius 2 is 2.23 bits per heavy atom. The van der Waals surface area contributed by atoms with E-state index in [1.54, 1.807) is 35.8 Å². The van der Waals surface area contributed by atoms with Gasteiger partial charge in [-0.15, -0.1) is 11.3 Å². The van der Waals surface area contributed by atoms with Gasteiger partial charge in [0.2, 0.25) is 5.91 Å². The molecule has 2 aromatic heterocycles. The average Bonchev–Trinajstić information content (AvgIpc) is 3.20. The summed E-state index contributed by atoms with van der Waals surface area (Å²) in [6.07, 6.45) is 4.34. The highest BCUT2D eigenvalue weighted by molar-refractivity contribution is 7.91. The first-order valence-electron chi connectivity index (χ1n) is 6.85. The number of nitrogens with one attached hydrogen (secondary N) is 1. The molecule has 0 saturated carbocycles. The predicted octanol–water partition coefficient (Wildman–Crippen LogP) is 1.93. The molecule has 1 fully saturated rings. The Morgan fingerprint density at radius 1 is 1.36 bits per heavy atom. The number of sulfonamides is 1. The van der Waals surface area contributed by atoms with E-state index in [0.717, 1.165) is 11.3 Å². The van der Waals surface area contributed by atoms with Crippen molar-refractivity contribution in [1.29, 1.82) is 0 Å². The van der Waals surface area contributed by atoms with Crippen molar-refractivity contribution < 1.29 is 13.2 Å². The van der Waals surface area contributed by atoms with E-state index in [2.05, 4.69) is 10.3 Å². The van der Waals surface area contributed by atoms with Gasteiger partial charge in [0.25, 0.3) is 10.0 Å². The van der Waals surface area contributed by atoms with E-state index in [9.17, 15) is 13.2 Å². The van der Waals surface area contributed by atoms with Gasteiger partial charge in [0.15, 0.2) is 0 Å². The van der Waals surface area contributed by atoms with Crippen LogP contribution in [-0.2, 0) is 14.8 Å². The van der Waals surface area contributed by atoms with E-state index in [0.29, 0.717) is 25.1 Å². The van der Waals surface area contributed by atoms with Crippen molar-refractivity contribution in [2.75, 3.05) is 11.9 Å². The SMILES string of the molecule is O=C(Nc1cccnc1)C1CCCN1S(=O)(=O)c1cccs1. The molecule has 1 N–H and O–H groups in total. The maximum atomic E-state index is 12.6.